The summed E-state index contributed by atoms with van der Waals surface area (Å²) >= 11 is 0. The van der Waals surface area contributed by atoms with Gasteiger partial charge in [0, 0.05) is 31.1 Å². The number of ether oxygens (including phenoxy) is 1. The van der Waals surface area contributed by atoms with E-state index in [1.54, 1.807) is 11.0 Å². The highest BCUT2D eigenvalue weighted by molar-refractivity contribution is 5.93. The molecule has 194 valence electrons. The molecule has 0 aromatic carbocycles. The van der Waals surface area contributed by atoms with Crippen LogP contribution in [0.15, 0.2) is 35.5 Å². The van der Waals surface area contributed by atoms with Crippen LogP contribution in [0.25, 0.3) is 0 Å². The molecule has 0 aliphatic carbocycles. The molecule has 2 fully saturated rings. The van der Waals surface area contributed by atoms with Crippen molar-refractivity contribution >= 4 is 17.6 Å². The summed E-state index contributed by atoms with van der Waals surface area (Å²) in [5.41, 5.74) is 7.48. The Labute approximate surface area is 204 Å². The van der Waals surface area contributed by atoms with Crippen LogP contribution < -0.4 is 10.5 Å². The summed E-state index contributed by atoms with van der Waals surface area (Å²) in [6, 6.07) is 5.35. The summed E-state index contributed by atoms with van der Waals surface area (Å²) in [6.45, 7) is -2.18. The van der Waals surface area contributed by atoms with Crippen LogP contribution in [0.4, 0.5) is 23.2 Å². The van der Waals surface area contributed by atoms with Gasteiger partial charge >= 0.3 is 6.61 Å². The number of aliphatic hydroxyl groups is 1. The SMILES string of the molecule is NC1=Nc2cnc(C(=O)N3CCCCC3)cc2C2CC(F)(F)CN12.OCc1cccc(OC(F)F)n1. The maximum Gasteiger partial charge on any atom is 0.388 e. The minimum Gasteiger partial charge on any atom is -0.417 e. The number of amides is 1. The molecule has 36 heavy (non-hydrogen) atoms. The fourth-order valence-corrected chi connectivity index (χ4v) is 4.43. The number of nitrogens with zero attached hydrogens (tertiary/aromatic N) is 5. The number of alkyl halides is 4. The van der Waals surface area contributed by atoms with Crippen LogP contribution >= 0.6 is 0 Å². The molecular weight excluding hydrogens is 484 g/mol. The van der Waals surface area contributed by atoms with E-state index in [2.05, 4.69) is 19.7 Å². The van der Waals surface area contributed by atoms with E-state index in [-0.39, 0.29) is 30.8 Å². The summed E-state index contributed by atoms with van der Waals surface area (Å²) < 4.78 is 54.9. The number of guanidine groups is 1. The molecule has 13 heteroatoms. The molecule has 5 heterocycles. The molecule has 2 aromatic rings. The predicted octanol–water partition coefficient (Wildman–Crippen LogP) is 3.22. The third-order valence-corrected chi connectivity index (χ3v) is 6.09. The Bertz CT molecular complexity index is 1130. The number of likely N-dealkylation sites (tertiary alicyclic amines) is 1. The number of hydrogen-bond acceptors (Lipinski definition) is 8. The van der Waals surface area contributed by atoms with E-state index < -0.39 is 25.1 Å². The largest absolute Gasteiger partial charge is 0.417 e. The zero-order chi connectivity index (χ0) is 25.9. The van der Waals surface area contributed by atoms with Crippen molar-refractivity contribution in [2.75, 3.05) is 19.6 Å². The van der Waals surface area contributed by atoms with Crippen LogP contribution in [0.1, 0.15) is 53.5 Å². The average molecular weight is 510 g/mol. The zero-order valence-electron chi connectivity index (χ0n) is 19.3. The third-order valence-electron chi connectivity index (χ3n) is 6.09. The Kier molecular flexibility index (Phi) is 7.57. The van der Waals surface area contributed by atoms with Crippen molar-refractivity contribution in [2.24, 2.45) is 10.7 Å². The number of nitrogens with two attached hydrogens (primary N) is 1. The van der Waals surface area contributed by atoms with E-state index in [0.29, 0.717) is 22.6 Å². The van der Waals surface area contributed by atoms with Gasteiger partial charge in [-0.2, -0.15) is 8.78 Å². The van der Waals surface area contributed by atoms with Gasteiger partial charge in [-0.1, -0.05) is 6.07 Å². The number of carbonyl (C=O) groups excluding carboxylic acids is 1. The van der Waals surface area contributed by atoms with Crippen LogP contribution in [0, 0.1) is 0 Å². The lowest BCUT2D eigenvalue weighted by atomic mass is 10.0. The minimum absolute atomic E-state index is 0.0848. The Balaban J connectivity index is 0.000000214. The summed E-state index contributed by atoms with van der Waals surface area (Å²) in [7, 11) is 0. The zero-order valence-corrected chi connectivity index (χ0v) is 19.3. The molecule has 2 aromatic heterocycles. The molecule has 3 N–H and O–H groups in total. The van der Waals surface area contributed by atoms with Gasteiger partial charge in [-0.15, -0.1) is 0 Å². The maximum atomic E-state index is 13.8. The van der Waals surface area contributed by atoms with Crippen LogP contribution in [0.5, 0.6) is 5.88 Å². The highest BCUT2D eigenvalue weighted by Gasteiger charge is 2.48. The van der Waals surface area contributed by atoms with Gasteiger partial charge in [-0.05, 0) is 31.4 Å². The van der Waals surface area contributed by atoms with Crippen molar-refractivity contribution in [3.8, 4) is 5.88 Å². The van der Waals surface area contributed by atoms with Crippen molar-refractivity contribution in [1.82, 2.24) is 19.8 Å². The fraction of sp³-hybridized carbons (Fsp3) is 0.478. The molecule has 5 rings (SSSR count). The van der Waals surface area contributed by atoms with E-state index in [4.69, 9.17) is 10.8 Å². The lowest BCUT2D eigenvalue weighted by Crippen LogP contribution is -2.40. The molecule has 0 spiro atoms. The molecule has 1 unspecified atom stereocenters. The van der Waals surface area contributed by atoms with Gasteiger partial charge in [0.1, 0.15) is 5.69 Å². The van der Waals surface area contributed by atoms with Crippen molar-refractivity contribution in [3.05, 3.63) is 47.4 Å². The first-order valence-corrected chi connectivity index (χ1v) is 11.5. The molecule has 9 nitrogen and oxygen atoms in total. The summed E-state index contributed by atoms with van der Waals surface area (Å²) in [5, 5.41) is 8.59. The second kappa shape index (κ2) is 10.6. The first-order valence-electron chi connectivity index (χ1n) is 11.5. The van der Waals surface area contributed by atoms with E-state index in [9.17, 15) is 22.4 Å². The first-order chi connectivity index (χ1) is 17.2. The number of hydrogen-bond donors (Lipinski definition) is 2. The second-order valence-corrected chi connectivity index (χ2v) is 8.66. The number of halogens is 4. The van der Waals surface area contributed by atoms with E-state index in [1.165, 1.54) is 29.3 Å². The summed E-state index contributed by atoms with van der Waals surface area (Å²) in [4.78, 5) is 27.7. The molecule has 1 atom stereocenters. The molecule has 2 saturated heterocycles. The predicted molar refractivity (Wildman–Crippen MR) is 121 cm³/mol. The highest BCUT2D eigenvalue weighted by atomic mass is 19.3. The van der Waals surface area contributed by atoms with Crippen molar-refractivity contribution in [3.63, 3.8) is 0 Å². The monoisotopic (exact) mass is 510 g/mol. The van der Waals surface area contributed by atoms with Gasteiger partial charge in [0.05, 0.1) is 36.8 Å². The van der Waals surface area contributed by atoms with Crippen molar-refractivity contribution < 1.29 is 32.2 Å². The number of rotatable bonds is 4. The van der Waals surface area contributed by atoms with Crippen LogP contribution in [0.3, 0.4) is 0 Å². The Morgan fingerprint density at radius 1 is 1.25 bits per heavy atom. The number of carbonyl (C=O) groups is 1. The third kappa shape index (κ3) is 5.83. The molecule has 3 aliphatic rings. The van der Waals surface area contributed by atoms with E-state index in [1.807, 2.05) is 0 Å². The Morgan fingerprint density at radius 3 is 2.69 bits per heavy atom. The van der Waals surface area contributed by atoms with Gasteiger partial charge in [0.2, 0.25) is 5.88 Å². The summed E-state index contributed by atoms with van der Waals surface area (Å²) in [6.07, 6.45) is 4.24. The second-order valence-electron chi connectivity index (χ2n) is 8.66. The normalized spacial score (nSPS) is 20.2. The van der Waals surface area contributed by atoms with Crippen LogP contribution in [-0.4, -0.2) is 68.9 Å². The number of pyridine rings is 2. The Morgan fingerprint density at radius 2 is 2.00 bits per heavy atom. The topological polar surface area (TPSA) is 117 Å². The van der Waals surface area contributed by atoms with Gasteiger partial charge in [-0.3, -0.25) is 4.79 Å². The standard InChI is InChI=1S/C16H19F2N5O.C7H7F2NO2/c17-16(18)7-13-10-6-11(14(24)22-4-2-1-3-5-22)20-8-12(10)21-15(19)23(13)9-16;8-7(9)12-6-3-1-2-5(4-11)10-6/h6,8,13H,1-5,7,9H2,(H2,19,21);1-3,7,11H,4H2. The number of piperidine rings is 1. The summed E-state index contributed by atoms with van der Waals surface area (Å²) in [5.74, 6) is -3.05. The van der Waals surface area contributed by atoms with Crippen LogP contribution in [-0.2, 0) is 6.61 Å². The quantitative estimate of drug-likeness (QED) is 0.607. The van der Waals surface area contributed by atoms with Gasteiger partial charge < -0.3 is 25.4 Å². The number of aliphatic hydroxyl groups excluding tert-OH is 1. The van der Waals surface area contributed by atoms with Crippen molar-refractivity contribution in [1.29, 1.82) is 0 Å². The maximum absolute atomic E-state index is 13.8. The lowest BCUT2D eigenvalue weighted by Gasteiger charge is -2.30. The van der Waals surface area contributed by atoms with E-state index >= 15 is 0 Å². The number of aliphatic imine (C=N–C) groups is 1. The molecule has 0 bridgehead atoms. The number of fused-ring (bicyclic) bond motifs is 3. The first kappa shape index (κ1) is 25.6. The molecular formula is C23H26F4N6O3. The number of aromatic nitrogens is 2. The Hall–Kier alpha value is -3.48. The average Bonchev–Trinajstić information content (AvgIpc) is 3.20. The van der Waals surface area contributed by atoms with E-state index in [0.717, 1.165) is 32.4 Å². The molecule has 0 saturated carbocycles. The highest BCUT2D eigenvalue weighted by Crippen LogP contribution is 2.46. The lowest BCUT2D eigenvalue weighted by molar-refractivity contribution is -0.0530. The van der Waals surface area contributed by atoms with Crippen LogP contribution in [0.2, 0.25) is 0 Å². The molecule has 3 aliphatic heterocycles. The molecule has 1 amide bonds. The fourth-order valence-electron chi connectivity index (χ4n) is 4.43. The molecule has 0 radical (unpaired) electrons. The van der Waals surface area contributed by atoms with Gasteiger partial charge in [0.25, 0.3) is 11.8 Å². The smallest absolute Gasteiger partial charge is 0.388 e. The van der Waals surface area contributed by atoms with Crippen molar-refractivity contribution in [2.45, 2.75) is 50.9 Å². The van der Waals surface area contributed by atoms with Gasteiger partial charge in [0.15, 0.2) is 5.96 Å². The minimum atomic E-state index is -2.88. The van der Waals surface area contributed by atoms with Gasteiger partial charge in [-0.25, -0.2) is 23.7 Å².